The molecule has 1 saturated heterocycles. The minimum absolute atomic E-state index is 0.139. The molecule has 6 heteroatoms. The molecular formula is C21H26ClN3OS. The number of halogens is 1. The lowest BCUT2D eigenvalue weighted by molar-refractivity contribution is 0.0951. The number of carbonyl (C=O) groups is 1. The fourth-order valence-corrected chi connectivity index (χ4v) is 3.83. The largest absolute Gasteiger partial charge is 0.348 e. The van der Waals surface area contributed by atoms with E-state index in [-0.39, 0.29) is 5.91 Å². The average Bonchev–Trinajstić information content (AvgIpc) is 2.68. The van der Waals surface area contributed by atoms with Gasteiger partial charge in [-0.05, 0) is 42.6 Å². The molecule has 0 spiro atoms. The Bertz CT molecular complexity index is 791. The lowest BCUT2D eigenvalue weighted by Gasteiger charge is -2.32. The second kappa shape index (κ2) is 9.60. The Morgan fingerprint density at radius 3 is 2.59 bits per heavy atom. The van der Waals surface area contributed by atoms with Gasteiger partial charge in [0.1, 0.15) is 0 Å². The Hall–Kier alpha value is -1.53. The normalized spacial score (nSPS) is 15.7. The minimum Gasteiger partial charge on any atom is -0.348 e. The van der Waals surface area contributed by atoms with Crippen molar-refractivity contribution in [3.8, 4) is 0 Å². The summed E-state index contributed by atoms with van der Waals surface area (Å²) < 4.78 is 0. The molecule has 1 aliphatic heterocycles. The number of carbonyl (C=O) groups excluding carboxylic acids is 1. The molecule has 27 heavy (non-hydrogen) atoms. The van der Waals surface area contributed by atoms with Crippen molar-refractivity contribution in [2.24, 2.45) is 0 Å². The van der Waals surface area contributed by atoms with Crippen molar-refractivity contribution in [1.29, 1.82) is 0 Å². The third-order valence-corrected chi connectivity index (χ3v) is 5.92. The molecule has 4 nitrogen and oxygen atoms in total. The zero-order valence-corrected chi connectivity index (χ0v) is 17.4. The summed E-state index contributed by atoms with van der Waals surface area (Å²) in [5, 5.41) is 3.47. The topological polar surface area (TPSA) is 35.6 Å². The van der Waals surface area contributed by atoms with E-state index in [1.54, 1.807) is 17.8 Å². The number of rotatable bonds is 6. The van der Waals surface area contributed by atoms with E-state index in [4.69, 9.17) is 11.6 Å². The van der Waals surface area contributed by atoms with Crippen LogP contribution < -0.4 is 5.32 Å². The lowest BCUT2D eigenvalue weighted by Crippen LogP contribution is -2.43. The van der Waals surface area contributed by atoms with Gasteiger partial charge in [-0.3, -0.25) is 9.69 Å². The second-order valence-corrected chi connectivity index (χ2v) is 8.21. The fraction of sp³-hybridized carbons (Fsp3) is 0.381. The molecule has 0 unspecified atom stereocenters. The van der Waals surface area contributed by atoms with E-state index < -0.39 is 0 Å². The lowest BCUT2D eigenvalue weighted by atomic mass is 10.1. The van der Waals surface area contributed by atoms with Crippen LogP contribution in [0.5, 0.6) is 0 Å². The average molecular weight is 404 g/mol. The molecule has 0 aliphatic carbocycles. The van der Waals surface area contributed by atoms with Crippen molar-refractivity contribution in [1.82, 2.24) is 15.1 Å². The summed E-state index contributed by atoms with van der Waals surface area (Å²) >= 11 is 7.79. The quantitative estimate of drug-likeness (QED) is 0.745. The third-order valence-electron chi connectivity index (χ3n) is 4.86. The van der Waals surface area contributed by atoms with Gasteiger partial charge in [0.05, 0.1) is 10.6 Å². The van der Waals surface area contributed by atoms with Gasteiger partial charge in [-0.25, -0.2) is 0 Å². The molecule has 1 N–H and O–H groups in total. The van der Waals surface area contributed by atoms with Gasteiger partial charge in [0.25, 0.3) is 5.91 Å². The van der Waals surface area contributed by atoms with Crippen molar-refractivity contribution in [2.75, 3.05) is 39.5 Å². The second-order valence-electron chi connectivity index (χ2n) is 6.93. The first kappa shape index (κ1) is 20.2. The monoisotopic (exact) mass is 403 g/mol. The maximum atomic E-state index is 12.5. The van der Waals surface area contributed by atoms with Crippen LogP contribution >= 0.6 is 23.4 Å². The highest BCUT2D eigenvalue weighted by Gasteiger charge is 2.14. The molecule has 144 valence electrons. The van der Waals surface area contributed by atoms with Gasteiger partial charge in [-0.15, -0.1) is 11.8 Å². The summed E-state index contributed by atoms with van der Waals surface area (Å²) in [5.41, 5.74) is 2.91. The zero-order chi connectivity index (χ0) is 19.2. The van der Waals surface area contributed by atoms with Gasteiger partial charge >= 0.3 is 0 Å². The van der Waals surface area contributed by atoms with Crippen LogP contribution in [-0.2, 0) is 13.1 Å². The molecule has 3 rings (SSSR count). The van der Waals surface area contributed by atoms with Gasteiger partial charge in [0.2, 0.25) is 0 Å². The van der Waals surface area contributed by atoms with E-state index in [1.165, 1.54) is 5.56 Å². The molecule has 0 atom stereocenters. The van der Waals surface area contributed by atoms with Crippen molar-refractivity contribution in [2.45, 2.75) is 18.0 Å². The van der Waals surface area contributed by atoms with Crippen LogP contribution in [0.1, 0.15) is 21.5 Å². The summed E-state index contributed by atoms with van der Waals surface area (Å²) in [6.07, 6.45) is 1.98. The number of hydrogen-bond acceptors (Lipinski definition) is 4. The summed E-state index contributed by atoms with van der Waals surface area (Å²) in [4.78, 5) is 18.4. The first-order valence-corrected chi connectivity index (χ1v) is 10.8. The molecule has 0 aromatic heterocycles. The number of nitrogens with zero attached hydrogens (tertiary/aromatic N) is 2. The Kier molecular flexibility index (Phi) is 7.19. The van der Waals surface area contributed by atoms with E-state index in [2.05, 4.69) is 40.4 Å². The summed E-state index contributed by atoms with van der Waals surface area (Å²) in [5.74, 6) is -0.139. The van der Waals surface area contributed by atoms with E-state index in [0.717, 1.165) is 43.2 Å². The number of thioether (sulfide) groups is 1. The molecule has 2 aromatic rings. The SMILES string of the molecule is CSc1ccc(Cl)c(C(=O)NCc2cccc(CN3CCN(C)CC3)c2)c1. The molecule has 0 bridgehead atoms. The summed E-state index contributed by atoms with van der Waals surface area (Å²) in [6.45, 7) is 5.88. The Morgan fingerprint density at radius 1 is 1.11 bits per heavy atom. The Labute approximate surface area is 170 Å². The molecule has 1 heterocycles. The standard InChI is InChI=1S/C21H26ClN3OS/c1-24-8-10-25(11-9-24)15-17-5-3-4-16(12-17)14-23-21(26)19-13-18(27-2)6-7-20(19)22/h3-7,12-13H,8-11,14-15H2,1-2H3,(H,23,26). The highest BCUT2D eigenvalue weighted by atomic mass is 35.5. The molecule has 1 fully saturated rings. The van der Waals surface area contributed by atoms with E-state index in [9.17, 15) is 4.79 Å². The number of hydrogen-bond donors (Lipinski definition) is 1. The molecular weight excluding hydrogens is 378 g/mol. The van der Waals surface area contributed by atoms with Crippen LogP contribution in [0.3, 0.4) is 0 Å². The van der Waals surface area contributed by atoms with E-state index >= 15 is 0 Å². The molecule has 1 aliphatic rings. The van der Waals surface area contributed by atoms with Crippen molar-refractivity contribution >= 4 is 29.3 Å². The molecule has 0 saturated carbocycles. The smallest absolute Gasteiger partial charge is 0.253 e. The van der Waals surface area contributed by atoms with Crippen molar-refractivity contribution in [3.05, 3.63) is 64.2 Å². The van der Waals surface area contributed by atoms with Crippen LogP contribution in [-0.4, -0.2) is 55.2 Å². The van der Waals surface area contributed by atoms with Crippen LogP contribution in [0, 0.1) is 0 Å². The predicted octanol–water partition coefficient (Wildman–Crippen LogP) is 3.74. The number of amides is 1. The number of piperazine rings is 1. The van der Waals surface area contributed by atoms with Crippen LogP contribution in [0.4, 0.5) is 0 Å². The van der Waals surface area contributed by atoms with Gasteiger partial charge in [0, 0.05) is 44.2 Å². The van der Waals surface area contributed by atoms with Crippen molar-refractivity contribution < 1.29 is 4.79 Å². The number of benzene rings is 2. The molecule has 2 aromatic carbocycles. The van der Waals surface area contributed by atoms with E-state index in [1.807, 2.05) is 24.5 Å². The molecule has 1 amide bonds. The highest BCUT2D eigenvalue weighted by Crippen LogP contribution is 2.23. The van der Waals surface area contributed by atoms with Crippen LogP contribution in [0.15, 0.2) is 47.4 Å². The Balaban J connectivity index is 1.59. The third kappa shape index (κ3) is 5.72. The number of likely N-dealkylation sites (N-methyl/N-ethyl adjacent to an activating group) is 1. The first-order valence-electron chi connectivity index (χ1n) is 9.15. The van der Waals surface area contributed by atoms with Crippen LogP contribution in [0.25, 0.3) is 0 Å². The maximum absolute atomic E-state index is 12.5. The predicted molar refractivity (Wildman–Crippen MR) is 114 cm³/mol. The maximum Gasteiger partial charge on any atom is 0.253 e. The van der Waals surface area contributed by atoms with Crippen LogP contribution in [0.2, 0.25) is 5.02 Å². The van der Waals surface area contributed by atoms with E-state index in [0.29, 0.717) is 17.1 Å². The minimum atomic E-state index is -0.139. The zero-order valence-electron chi connectivity index (χ0n) is 15.9. The highest BCUT2D eigenvalue weighted by molar-refractivity contribution is 7.98. The number of nitrogens with one attached hydrogen (secondary N) is 1. The molecule has 0 radical (unpaired) electrons. The van der Waals surface area contributed by atoms with Gasteiger partial charge in [-0.1, -0.05) is 35.9 Å². The first-order chi connectivity index (χ1) is 13.0. The van der Waals surface area contributed by atoms with Gasteiger partial charge < -0.3 is 10.2 Å². The summed E-state index contributed by atoms with van der Waals surface area (Å²) in [7, 11) is 2.17. The Morgan fingerprint density at radius 2 is 1.85 bits per heavy atom. The van der Waals surface area contributed by atoms with Gasteiger partial charge in [-0.2, -0.15) is 0 Å². The summed E-state index contributed by atoms with van der Waals surface area (Å²) in [6, 6.07) is 14.0. The fourth-order valence-electron chi connectivity index (χ4n) is 3.19. The van der Waals surface area contributed by atoms with Gasteiger partial charge in [0.15, 0.2) is 0 Å². The van der Waals surface area contributed by atoms with Crippen molar-refractivity contribution in [3.63, 3.8) is 0 Å².